The summed E-state index contributed by atoms with van der Waals surface area (Å²) >= 11 is 0. The first-order valence-electron chi connectivity index (χ1n) is 9.08. The molecule has 0 saturated heterocycles. The minimum atomic E-state index is -0.661. The third-order valence-corrected chi connectivity index (χ3v) is 5.21. The van der Waals surface area contributed by atoms with Crippen LogP contribution in [0, 0.1) is 11.7 Å². The molecule has 1 aromatic heterocycles. The molecule has 1 heterocycles. The number of carbonyl (C=O) groups excluding carboxylic acids is 1. The average molecular weight is 356 g/mol. The molecular weight excluding hydrogens is 331 g/mol. The fraction of sp³-hybridized carbons (Fsp3) is 0.429. The molecule has 2 N–H and O–H groups in total. The molecule has 1 amide bonds. The van der Waals surface area contributed by atoms with Crippen molar-refractivity contribution in [1.29, 1.82) is 0 Å². The van der Waals surface area contributed by atoms with Gasteiger partial charge in [-0.05, 0) is 69.7 Å². The van der Waals surface area contributed by atoms with Gasteiger partial charge in [0, 0.05) is 17.8 Å². The number of benzene rings is 1. The van der Waals surface area contributed by atoms with Crippen LogP contribution in [0.1, 0.15) is 49.9 Å². The highest BCUT2D eigenvalue weighted by Crippen LogP contribution is 2.32. The van der Waals surface area contributed by atoms with Crippen molar-refractivity contribution in [2.24, 2.45) is 5.92 Å². The lowest BCUT2D eigenvalue weighted by Crippen LogP contribution is -2.41. The van der Waals surface area contributed by atoms with Crippen LogP contribution in [-0.4, -0.2) is 27.6 Å². The summed E-state index contributed by atoms with van der Waals surface area (Å²) in [5.41, 5.74) is 1.15. The molecule has 0 bridgehead atoms. The first-order valence-corrected chi connectivity index (χ1v) is 9.08. The van der Waals surface area contributed by atoms with E-state index in [-0.39, 0.29) is 23.7 Å². The molecule has 3 rings (SSSR count). The molecule has 0 aliphatic heterocycles. The number of hydrogen-bond acceptors (Lipinski definition) is 3. The predicted octanol–water partition coefficient (Wildman–Crippen LogP) is 3.95. The lowest BCUT2D eigenvalue weighted by atomic mass is 9.77. The molecule has 1 aliphatic rings. The van der Waals surface area contributed by atoms with E-state index in [0.29, 0.717) is 16.8 Å². The minimum Gasteiger partial charge on any atom is -0.390 e. The fourth-order valence-corrected chi connectivity index (χ4v) is 3.56. The molecule has 1 saturated carbocycles. The van der Waals surface area contributed by atoms with Gasteiger partial charge in [0.15, 0.2) is 0 Å². The standard InChI is InChI=1S/C21H25FN2O2/c1-21(2,26)16-7-9-18(10-8-16)24-20(25)15-6-11-19(23-13-15)14-4-3-5-17(22)12-14/h3-6,11-13,16,18,26H,7-10H2,1-2H3,(H,24,25)/t16-,18-. The zero-order chi connectivity index (χ0) is 18.7. The fourth-order valence-electron chi connectivity index (χ4n) is 3.56. The molecule has 0 radical (unpaired) electrons. The Labute approximate surface area is 153 Å². The Balaban J connectivity index is 1.59. The van der Waals surface area contributed by atoms with Gasteiger partial charge in [0.25, 0.3) is 5.91 Å². The molecule has 5 heteroatoms. The van der Waals surface area contributed by atoms with Crippen molar-refractivity contribution < 1.29 is 14.3 Å². The minimum absolute atomic E-state index is 0.129. The third-order valence-electron chi connectivity index (χ3n) is 5.21. The molecule has 0 spiro atoms. The molecule has 26 heavy (non-hydrogen) atoms. The summed E-state index contributed by atoms with van der Waals surface area (Å²) in [7, 11) is 0. The summed E-state index contributed by atoms with van der Waals surface area (Å²) in [5.74, 6) is -0.175. The van der Waals surface area contributed by atoms with Gasteiger partial charge in [-0.2, -0.15) is 0 Å². The highest BCUT2D eigenvalue weighted by molar-refractivity contribution is 5.94. The van der Waals surface area contributed by atoms with Gasteiger partial charge in [-0.3, -0.25) is 9.78 Å². The number of amides is 1. The van der Waals surface area contributed by atoms with Crippen LogP contribution in [-0.2, 0) is 0 Å². The summed E-state index contributed by atoms with van der Waals surface area (Å²) < 4.78 is 13.3. The van der Waals surface area contributed by atoms with E-state index >= 15 is 0 Å². The number of rotatable bonds is 4. The van der Waals surface area contributed by atoms with Crippen LogP contribution in [0.25, 0.3) is 11.3 Å². The molecule has 0 unspecified atom stereocenters. The highest BCUT2D eigenvalue weighted by Gasteiger charge is 2.31. The lowest BCUT2D eigenvalue weighted by molar-refractivity contribution is -0.00257. The van der Waals surface area contributed by atoms with Gasteiger partial charge in [-0.25, -0.2) is 4.39 Å². The summed E-state index contributed by atoms with van der Waals surface area (Å²) in [5, 5.41) is 13.2. The Hall–Kier alpha value is -2.27. The van der Waals surface area contributed by atoms with Gasteiger partial charge in [-0.1, -0.05) is 12.1 Å². The van der Waals surface area contributed by atoms with Crippen molar-refractivity contribution in [1.82, 2.24) is 10.3 Å². The van der Waals surface area contributed by atoms with Gasteiger partial charge in [0.2, 0.25) is 0 Å². The largest absolute Gasteiger partial charge is 0.390 e. The van der Waals surface area contributed by atoms with E-state index in [1.807, 2.05) is 13.8 Å². The second-order valence-electron chi connectivity index (χ2n) is 7.62. The van der Waals surface area contributed by atoms with E-state index in [9.17, 15) is 14.3 Å². The van der Waals surface area contributed by atoms with Gasteiger partial charge in [-0.15, -0.1) is 0 Å². The number of nitrogens with zero attached hydrogens (tertiary/aromatic N) is 1. The van der Waals surface area contributed by atoms with E-state index in [1.54, 1.807) is 24.3 Å². The van der Waals surface area contributed by atoms with Crippen molar-refractivity contribution in [3.8, 4) is 11.3 Å². The van der Waals surface area contributed by atoms with Crippen LogP contribution < -0.4 is 5.32 Å². The number of aliphatic hydroxyl groups is 1. The topological polar surface area (TPSA) is 62.2 Å². The first kappa shape index (κ1) is 18.5. The SMILES string of the molecule is CC(C)(O)[C@H]1CC[C@H](NC(=O)c2ccc(-c3cccc(F)c3)nc2)CC1. The zero-order valence-electron chi connectivity index (χ0n) is 15.2. The average Bonchev–Trinajstić information content (AvgIpc) is 2.61. The molecule has 1 fully saturated rings. The number of halogens is 1. The maximum absolute atomic E-state index is 13.3. The second kappa shape index (κ2) is 7.54. The summed E-state index contributed by atoms with van der Waals surface area (Å²) in [6, 6.07) is 9.80. The van der Waals surface area contributed by atoms with Gasteiger partial charge < -0.3 is 10.4 Å². The Morgan fingerprint density at radius 1 is 1.19 bits per heavy atom. The van der Waals surface area contributed by atoms with Crippen LogP contribution in [0.15, 0.2) is 42.6 Å². The Morgan fingerprint density at radius 2 is 1.92 bits per heavy atom. The third kappa shape index (κ3) is 4.47. The number of pyridine rings is 1. The Morgan fingerprint density at radius 3 is 2.50 bits per heavy atom. The van der Waals surface area contributed by atoms with E-state index in [1.165, 1.54) is 18.3 Å². The smallest absolute Gasteiger partial charge is 0.253 e. The van der Waals surface area contributed by atoms with E-state index < -0.39 is 5.60 Å². The van der Waals surface area contributed by atoms with Crippen LogP contribution in [0.5, 0.6) is 0 Å². The van der Waals surface area contributed by atoms with E-state index in [2.05, 4.69) is 10.3 Å². The molecule has 1 aliphatic carbocycles. The van der Waals surface area contributed by atoms with E-state index in [0.717, 1.165) is 25.7 Å². The zero-order valence-corrected chi connectivity index (χ0v) is 15.2. The summed E-state index contributed by atoms with van der Waals surface area (Å²) in [6.07, 6.45) is 5.08. The van der Waals surface area contributed by atoms with Crippen molar-refractivity contribution in [3.63, 3.8) is 0 Å². The normalized spacial score (nSPS) is 20.6. The van der Waals surface area contributed by atoms with Crippen molar-refractivity contribution in [2.75, 3.05) is 0 Å². The van der Waals surface area contributed by atoms with E-state index in [4.69, 9.17) is 0 Å². The number of carbonyl (C=O) groups is 1. The molecule has 4 nitrogen and oxygen atoms in total. The monoisotopic (exact) mass is 356 g/mol. The second-order valence-corrected chi connectivity index (χ2v) is 7.62. The van der Waals surface area contributed by atoms with Crippen LogP contribution in [0.2, 0.25) is 0 Å². The van der Waals surface area contributed by atoms with Crippen molar-refractivity contribution in [3.05, 3.63) is 54.0 Å². The quantitative estimate of drug-likeness (QED) is 0.872. The molecular formula is C21H25FN2O2. The predicted molar refractivity (Wildman–Crippen MR) is 99.1 cm³/mol. The summed E-state index contributed by atoms with van der Waals surface area (Å²) in [4.78, 5) is 16.7. The van der Waals surface area contributed by atoms with Crippen LogP contribution >= 0.6 is 0 Å². The maximum atomic E-state index is 13.3. The maximum Gasteiger partial charge on any atom is 0.253 e. The number of hydrogen-bond donors (Lipinski definition) is 2. The first-order chi connectivity index (χ1) is 12.3. The molecule has 138 valence electrons. The summed E-state index contributed by atoms with van der Waals surface area (Å²) in [6.45, 7) is 3.70. The van der Waals surface area contributed by atoms with Crippen molar-refractivity contribution in [2.45, 2.75) is 51.2 Å². The van der Waals surface area contributed by atoms with Crippen LogP contribution in [0.4, 0.5) is 4.39 Å². The molecule has 0 atom stereocenters. The Kier molecular flexibility index (Phi) is 5.37. The number of aromatic nitrogens is 1. The number of nitrogens with one attached hydrogen (secondary N) is 1. The lowest BCUT2D eigenvalue weighted by Gasteiger charge is -2.36. The highest BCUT2D eigenvalue weighted by atomic mass is 19.1. The Bertz CT molecular complexity index is 760. The van der Waals surface area contributed by atoms with Gasteiger partial charge in [0.1, 0.15) is 5.82 Å². The van der Waals surface area contributed by atoms with Gasteiger partial charge >= 0.3 is 0 Å². The van der Waals surface area contributed by atoms with Crippen molar-refractivity contribution >= 4 is 5.91 Å². The molecule has 2 aromatic rings. The molecule has 1 aromatic carbocycles. The van der Waals surface area contributed by atoms with Crippen LogP contribution in [0.3, 0.4) is 0 Å². The van der Waals surface area contributed by atoms with Gasteiger partial charge in [0.05, 0.1) is 16.9 Å².